The molecule has 2 amide bonds. The Morgan fingerprint density at radius 3 is 2.60 bits per heavy atom. The molecule has 1 saturated heterocycles. The SMILES string of the molecule is C[C@H](CO)N1C[C@H](C)[C@H](CN(C)S(=O)(=O)c2ccc(Cl)cc2)Oc2c(NC(=O)C3CCCCO3)cccc2C1=O. The summed E-state index contributed by atoms with van der Waals surface area (Å²) < 4.78 is 39.9. The minimum Gasteiger partial charge on any atom is -0.486 e. The van der Waals surface area contributed by atoms with Gasteiger partial charge in [0.25, 0.3) is 11.8 Å². The minimum absolute atomic E-state index is 0.0326. The lowest BCUT2D eigenvalue weighted by molar-refractivity contribution is -0.130. The largest absolute Gasteiger partial charge is 0.486 e. The first kappa shape index (κ1) is 30.3. The van der Waals surface area contributed by atoms with E-state index in [2.05, 4.69) is 5.32 Å². The second kappa shape index (κ2) is 12.9. The summed E-state index contributed by atoms with van der Waals surface area (Å²) in [5.74, 6) is -0.868. The van der Waals surface area contributed by atoms with Crippen LogP contribution in [0.3, 0.4) is 0 Å². The van der Waals surface area contributed by atoms with Crippen molar-refractivity contribution >= 4 is 39.1 Å². The van der Waals surface area contributed by atoms with Crippen LogP contribution in [0.1, 0.15) is 43.5 Å². The number of halogens is 1. The van der Waals surface area contributed by atoms with Crippen molar-refractivity contribution in [3.63, 3.8) is 0 Å². The van der Waals surface area contributed by atoms with Gasteiger partial charge < -0.3 is 24.8 Å². The molecule has 218 valence electrons. The lowest BCUT2D eigenvalue weighted by atomic mass is 9.99. The van der Waals surface area contributed by atoms with E-state index in [-0.39, 0.29) is 53.6 Å². The van der Waals surface area contributed by atoms with Crippen LogP contribution in [0.25, 0.3) is 0 Å². The second-order valence-corrected chi connectivity index (χ2v) is 12.9. The number of ether oxygens (including phenoxy) is 2. The first-order valence-corrected chi connectivity index (χ1v) is 15.2. The Bertz CT molecular complexity index is 1320. The zero-order valence-electron chi connectivity index (χ0n) is 22.9. The summed E-state index contributed by atoms with van der Waals surface area (Å²) in [6.45, 7) is 4.05. The fourth-order valence-corrected chi connectivity index (χ4v) is 6.17. The van der Waals surface area contributed by atoms with Crippen molar-refractivity contribution in [1.29, 1.82) is 0 Å². The molecule has 40 heavy (non-hydrogen) atoms. The van der Waals surface area contributed by atoms with E-state index >= 15 is 0 Å². The Morgan fingerprint density at radius 2 is 1.95 bits per heavy atom. The quantitative estimate of drug-likeness (QED) is 0.480. The summed E-state index contributed by atoms with van der Waals surface area (Å²) in [5.41, 5.74) is 0.506. The van der Waals surface area contributed by atoms with Crippen LogP contribution in [0.5, 0.6) is 5.75 Å². The molecular formula is C28H36ClN3O7S. The summed E-state index contributed by atoms with van der Waals surface area (Å²) in [6.07, 6.45) is 1.06. The van der Waals surface area contributed by atoms with Crippen LogP contribution in [0.2, 0.25) is 5.02 Å². The molecule has 1 unspecified atom stereocenters. The highest BCUT2D eigenvalue weighted by atomic mass is 35.5. The Balaban J connectivity index is 1.69. The highest BCUT2D eigenvalue weighted by molar-refractivity contribution is 7.89. The molecule has 0 spiro atoms. The van der Waals surface area contributed by atoms with E-state index in [1.807, 2.05) is 6.92 Å². The molecule has 2 aliphatic rings. The maximum atomic E-state index is 13.7. The van der Waals surface area contributed by atoms with Crippen LogP contribution in [0.15, 0.2) is 47.4 Å². The number of hydrogen-bond donors (Lipinski definition) is 2. The van der Waals surface area contributed by atoms with Crippen molar-refractivity contribution in [2.24, 2.45) is 5.92 Å². The molecule has 0 aliphatic carbocycles. The Morgan fingerprint density at radius 1 is 1.23 bits per heavy atom. The van der Waals surface area contributed by atoms with Crippen LogP contribution in [-0.2, 0) is 19.6 Å². The van der Waals surface area contributed by atoms with Gasteiger partial charge in [-0.25, -0.2) is 8.42 Å². The van der Waals surface area contributed by atoms with E-state index in [4.69, 9.17) is 21.1 Å². The third kappa shape index (κ3) is 6.60. The van der Waals surface area contributed by atoms with Gasteiger partial charge in [0.2, 0.25) is 10.0 Å². The Labute approximate surface area is 240 Å². The number of nitrogens with zero attached hydrogens (tertiary/aromatic N) is 2. The van der Waals surface area contributed by atoms with Gasteiger partial charge in [-0.2, -0.15) is 4.31 Å². The van der Waals surface area contributed by atoms with Crippen molar-refractivity contribution in [2.45, 2.75) is 56.3 Å². The Hall–Kier alpha value is -2.70. The van der Waals surface area contributed by atoms with E-state index in [1.54, 1.807) is 30.0 Å². The van der Waals surface area contributed by atoms with Gasteiger partial charge in [0.15, 0.2) is 5.75 Å². The van der Waals surface area contributed by atoms with E-state index in [1.165, 1.54) is 35.6 Å². The maximum Gasteiger partial charge on any atom is 0.258 e. The van der Waals surface area contributed by atoms with E-state index < -0.39 is 28.3 Å². The first-order valence-electron chi connectivity index (χ1n) is 13.4. The van der Waals surface area contributed by atoms with E-state index in [0.29, 0.717) is 23.7 Å². The molecule has 2 heterocycles. The molecule has 1 fully saturated rings. The van der Waals surface area contributed by atoms with Gasteiger partial charge in [0.1, 0.15) is 12.2 Å². The molecule has 0 bridgehead atoms. The number of fused-ring (bicyclic) bond motifs is 1. The van der Waals surface area contributed by atoms with Gasteiger partial charge in [-0.15, -0.1) is 0 Å². The number of sulfonamides is 1. The highest BCUT2D eigenvalue weighted by Gasteiger charge is 2.36. The van der Waals surface area contributed by atoms with Crippen molar-refractivity contribution in [3.8, 4) is 5.75 Å². The monoisotopic (exact) mass is 593 g/mol. The number of amides is 2. The number of nitrogens with one attached hydrogen (secondary N) is 1. The molecule has 0 saturated carbocycles. The second-order valence-electron chi connectivity index (χ2n) is 10.4. The maximum absolute atomic E-state index is 13.7. The fourth-order valence-electron chi connectivity index (χ4n) is 4.86. The van der Waals surface area contributed by atoms with E-state index in [9.17, 15) is 23.1 Å². The lowest BCUT2D eigenvalue weighted by Crippen LogP contribution is -2.50. The third-order valence-electron chi connectivity index (χ3n) is 7.38. The number of aliphatic hydroxyl groups excluding tert-OH is 1. The lowest BCUT2D eigenvalue weighted by Gasteiger charge is -2.38. The highest BCUT2D eigenvalue weighted by Crippen LogP contribution is 2.35. The molecule has 0 radical (unpaired) electrons. The predicted molar refractivity (Wildman–Crippen MR) is 151 cm³/mol. The normalized spacial score (nSPS) is 22.6. The average Bonchev–Trinajstić information content (AvgIpc) is 2.95. The number of carbonyl (C=O) groups excluding carboxylic acids is 2. The number of carbonyl (C=O) groups is 2. The van der Waals surface area contributed by atoms with E-state index in [0.717, 1.165) is 12.8 Å². The number of para-hydroxylation sites is 1. The van der Waals surface area contributed by atoms with Crippen molar-refractivity contribution < 1.29 is 32.6 Å². The summed E-state index contributed by atoms with van der Waals surface area (Å²) in [7, 11) is -2.41. The van der Waals surface area contributed by atoms with Crippen LogP contribution < -0.4 is 10.1 Å². The Kier molecular flexibility index (Phi) is 9.73. The molecule has 0 aromatic heterocycles. The molecule has 4 rings (SSSR count). The molecule has 12 heteroatoms. The molecule has 2 aliphatic heterocycles. The summed E-state index contributed by atoms with van der Waals surface area (Å²) in [5, 5.41) is 13.2. The smallest absolute Gasteiger partial charge is 0.258 e. The number of aliphatic hydroxyl groups is 1. The van der Waals surface area contributed by atoms with Crippen LogP contribution in [0, 0.1) is 5.92 Å². The molecule has 2 N–H and O–H groups in total. The molecular weight excluding hydrogens is 558 g/mol. The summed E-state index contributed by atoms with van der Waals surface area (Å²) in [6, 6.07) is 10.3. The number of benzene rings is 2. The first-order chi connectivity index (χ1) is 19.0. The minimum atomic E-state index is -3.88. The van der Waals surface area contributed by atoms with Gasteiger partial charge in [0, 0.05) is 31.1 Å². The fraction of sp³-hybridized carbons (Fsp3) is 0.500. The average molecular weight is 594 g/mol. The zero-order valence-corrected chi connectivity index (χ0v) is 24.5. The predicted octanol–water partition coefficient (Wildman–Crippen LogP) is 3.39. The van der Waals surface area contributed by atoms with Crippen LogP contribution in [-0.4, -0.2) is 86.1 Å². The van der Waals surface area contributed by atoms with Gasteiger partial charge in [-0.3, -0.25) is 9.59 Å². The number of anilines is 1. The molecule has 10 nitrogen and oxygen atoms in total. The van der Waals surface area contributed by atoms with Gasteiger partial charge in [0.05, 0.1) is 35.3 Å². The van der Waals surface area contributed by atoms with Crippen molar-refractivity contribution in [1.82, 2.24) is 9.21 Å². The van der Waals surface area contributed by atoms with Crippen molar-refractivity contribution in [3.05, 3.63) is 53.1 Å². The number of rotatable bonds is 8. The topological polar surface area (TPSA) is 125 Å². The van der Waals surface area contributed by atoms with Gasteiger partial charge in [-0.1, -0.05) is 24.6 Å². The van der Waals surface area contributed by atoms with Gasteiger partial charge in [-0.05, 0) is 62.6 Å². The summed E-state index contributed by atoms with van der Waals surface area (Å²) in [4.78, 5) is 28.3. The van der Waals surface area contributed by atoms with Crippen molar-refractivity contribution in [2.75, 3.05) is 38.7 Å². The van der Waals surface area contributed by atoms with Gasteiger partial charge >= 0.3 is 0 Å². The molecule has 2 aromatic carbocycles. The standard InChI is InChI=1S/C28H36ClN3O7S/c1-18-15-32(19(2)17-33)28(35)22-7-6-8-23(30-27(34)24-9-4-5-14-38-24)26(22)39-25(18)16-31(3)40(36,37)21-12-10-20(29)11-13-21/h6-8,10-13,18-19,24-25,33H,4-5,9,14-17H2,1-3H3,(H,30,34)/t18-,19+,24?,25-/m0/s1. The van der Waals surface area contributed by atoms with Crippen LogP contribution >= 0.6 is 11.6 Å². The third-order valence-corrected chi connectivity index (χ3v) is 9.47. The van der Waals surface area contributed by atoms with Crippen LogP contribution in [0.4, 0.5) is 5.69 Å². The summed E-state index contributed by atoms with van der Waals surface area (Å²) >= 11 is 5.94. The molecule has 4 atom stereocenters. The number of hydrogen-bond acceptors (Lipinski definition) is 7. The molecule has 2 aromatic rings. The number of likely N-dealkylation sites (N-methyl/N-ethyl adjacent to an activating group) is 1. The zero-order chi connectivity index (χ0) is 29.0.